The van der Waals surface area contributed by atoms with Gasteiger partial charge in [0.05, 0.1) is 19.1 Å². The molecule has 0 saturated carbocycles. The Balaban J connectivity index is 1.72. The molecule has 0 aliphatic carbocycles. The summed E-state index contributed by atoms with van der Waals surface area (Å²) in [7, 11) is -0.537. The normalized spacial score (nSPS) is 16.7. The lowest BCUT2D eigenvalue weighted by Gasteiger charge is -2.22. The number of rotatable bonds is 6. The van der Waals surface area contributed by atoms with Gasteiger partial charge in [-0.15, -0.1) is 0 Å². The Labute approximate surface area is 161 Å². The highest BCUT2D eigenvalue weighted by atomic mass is 32.2. The van der Waals surface area contributed by atoms with Crippen LogP contribution in [-0.4, -0.2) is 58.0 Å². The van der Waals surface area contributed by atoms with Gasteiger partial charge in [-0.3, -0.25) is 4.90 Å². The van der Waals surface area contributed by atoms with Crippen LogP contribution in [0.25, 0.3) is 0 Å². The van der Waals surface area contributed by atoms with Crippen LogP contribution in [0.2, 0.25) is 0 Å². The van der Waals surface area contributed by atoms with Gasteiger partial charge in [-0.05, 0) is 30.7 Å². The maximum Gasteiger partial charge on any atom is 0.243 e. The van der Waals surface area contributed by atoms with Crippen molar-refractivity contribution in [2.75, 3.05) is 40.4 Å². The molecule has 27 heavy (non-hydrogen) atoms. The molecule has 7 heteroatoms. The van der Waals surface area contributed by atoms with Crippen LogP contribution in [0.1, 0.15) is 12.0 Å². The first kappa shape index (κ1) is 19.7. The topological polar surface area (TPSA) is 59.1 Å². The van der Waals surface area contributed by atoms with E-state index in [1.54, 1.807) is 16.4 Å². The SMILES string of the molecule is COc1ccc(S(=O)(=O)N2CCCN(Cc3ccccc3)CC2)cc1OC. The first-order chi connectivity index (χ1) is 13.0. The van der Waals surface area contributed by atoms with Crippen LogP contribution in [0, 0.1) is 0 Å². The van der Waals surface area contributed by atoms with Crippen LogP contribution in [0.15, 0.2) is 53.4 Å². The molecule has 0 aromatic heterocycles. The van der Waals surface area contributed by atoms with Crippen molar-refractivity contribution in [1.82, 2.24) is 9.21 Å². The van der Waals surface area contributed by atoms with E-state index in [1.807, 2.05) is 18.2 Å². The highest BCUT2D eigenvalue weighted by Crippen LogP contribution is 2.30. The molecule has 2 aromatic carbocycles. The van der Waals surface area contributed by atoms with Crippen molar-refractivity contribution in [2.45, 2.75) is 17.9 Å². The van der Waals surface area contributed by atoms with Crippen LogP contribution >= 0.6 is 0 Å². The van der Waals surface area contributed by atoms with Gasteiger partial charge >= 0.3 is 0 Å². The molecule has 0 radical (unpaired) electrons. The average molecular weight is 391 g/mol. The van der Waals surface area contributed by atoms with Gasteiger partial charge in [0.2, 0.25) is 10.0 Å². The third kappa shape index (κ3) is 4.61. The van der Waals surface area contributed by atoms with Crippen molar-refractivity contribution in [3.05, 3.63) is 54.1 Å². The Morgan fingerprint density at radius 3 is 2.33 bits per heavy atom. The maximum atomic E-state index is 13.1. The third-order valence-electron chi connectivity index (χ3n) is 4.79. The molecular formula is C20H26N2O4S. The number of methoxy groups -OCH3 is 2. The summed E-state index contributed by atoms with van der Waals surface area (Å²) in [6.07, 6.45) is 0.805. The van der Waals surface area contributed by atoms with Gasteiger partial charge in [0.1, 0.15) is 0 Å². The van der Waals surface area contributed by atoms with Gasteiger partial charge in [-0.25, -0.2) is 8.42 Å². The van der Waals surface area contributed by atoms with Gasteiger partial charge in [-0.2, -0.15) is 4.31 Å². The molecule has 1 saturated heterocycles. The standard InChI is InChI=1S/C20H26N2O4S/c1-25-19-10-9-18(15-20(19)26-2)27(23,24)22-12-6-11-21(13-14-22)16-17-7-4-3-5-8-17/h3-5,7-10,15H,6,11-14,16H2,1-2H3. The monoisotopic (exact) mass is 390 g/mol. The fourth-order valence-corrected chi connectivity index (χ4v) is 4.80. The van der Waals surface area contributed by atoms with Crippen LogP contribution in [0.4, 0.5) is 0 Å². The van der Waals surface area contributed by atoms with E-state index >= 15 is 0 Å². The van der Waals surface area contributed by atoms with Crippen molar-refractivity contribution in [3.8, 4) is 11.5 Å². The molecule has 146 valence electrons. The van der Waals surface area contributed by atoms with Crippen molar-refractivity contribution in [1.29, 1.82) is 0 Å². The summed E-state index contributed by atoms with van der Waals surface area (Å²) in [5, 5.41) is 0. The van der Waals surface area contributed by atoms with Gasteiger partial charge in [0.25, 0.3) is 0 Å². The number of hydrogen-bond acceptors (Lipinski definition) is 5. The number of benzene rings is 2. The van der Waals surface area contributed by atoms with Gasteiger partial charge in [0, 0.05) is 32.2 Å². The number of sulfonamides is 1. The van der Waals surface area contributed by atoms with Gasteiger partial charge in [-0.1, -0.05) is 30.3 Å². The smallest absolute Gasteiger partial charge is 0.243 e. The molecular weight excluding hydrogens is 364 g/mol. The largest absolute Gasteiger partial charge is 0.493 e. The predicted octanol–water partition coefficient (Wildman–Crippen LogP) is 2.60. The molecule has 3 rings (SSSR count). The number of hydrogen-bond donors (Lipinski definition) is 0. The van der Waals surface area contributed by atoms with Gasteiger partial charge in [0.15, 0.2) is 11.5 Å². The average Bonchev–Trinajstić information content (AvgIpc) is 2.94. The highest BCUT2D eigenvalue weighted by molar-refractivity contribution is 7.89. The third-order valence-corrected chi connectivity index (χ3v) is 6.68. The highest BCUT2D eigenvalue weighted by Gasteiger charge is 2.27. The molecule has 6 nitrogen and oxygen atoms in total. The Hall–Kier alpha value is -2.09. The van der Waals surface area contributed by atoms with E-state index in [9.17, 15) is 8.42 Å². The Morgan fingerprint density at radius 2 is 1.63 bits per heavy atom. The van der Waals surface area contributed by atoms with E-state index in [-0.39, 0.29) is 4.90 Å². The summed E-state index contributed by atoms with van der Waals surface area (Å²) in [5.74, 6) is 0.931. The molecule has 0 amide bonds. The van der Waals surface area contributed by atoms with Crippen molar-refractivity contribution < 1.29 is 17.9 Å². The molecule has 1 heterocycles. The molecule has 1 fully saturated rings. The molecule has 0 bridgehead atoms. The second-order valence-corrected chi connectivity index (χ2v) is 8.47. The minimum atomic E-state index is -3.57. The first-order valence-electron chi connectivity index (χ1n) is 9.03. The summed E-state index contributed by atoms with van der Waals surface area (Å²) in [5.41, 5.74) is 1.24. The van der Waals surface area contributed by atoms with E-state index in [4.69, 9.17) is 9.47 Å². The zero-order valence-corrected chi connectivity index (χ0v) is 16.6. The van der Waals surface area contributed by atoms with Crippen LogP contribution in [0.5, 0.6) is 11.5 Å². The fourth-order valence-electron chi connectivity index (χ4n) is 3.31. The second-order valence-electron chi connectivity index (χ2n) is 6.54. The van der Waals surface area contributed by atoms with Crippen LogP contribution in [0.3, 0.4) is 0 Å². The minimum Gasteiger partial charge on any atom is -0.493 e. The van der Waals surface area contributed by atoms with Crippen LogP contribution < -0.4 is 9.47 Å². The van der Waals surface area contributed by atoms with E-state index in [0.717, 1.165) is 19.5 Å². The molecule has 2 aromatic rings. The number of ether oxygens (including phenoxy) is 2. The molecule has 0 unspecified atom stereocenters. The summed E-state index contributed by atoms with van der Waals surface area (Å²) >= 11 is 0. The maximum absolute atomic E-state index is 13.1. The Bertz CT molecular complexity index is 856. The first-order valence-corrected chi connectivity index (χ1v) is 10.5. The van der Waals surface area contributed by atoms with E-state index < -0.39 is 10.0 Å². The molecule has 1 aliphatic rings. The zero-order chi connectivity index (χ0) is 19.3. The van der Waals surface area contributed by atoms with E-state index in [1.165, 1.54) is 25.8 Å². The van der Waals surface area contributed by atoms with Crippen molar-refractivity contribution in [2.24, 2.45) is 0 Å². The summed E-state index contributed by atoms with van der Waals surface area (Å²) < 4.78 is 38.2. The van der Waals surface area contributed by atoms with Gasteiger partial charge < -0.3 is 9.47 Å². The molecule has 0 atom stereocenters. The molecule has 0 N–H and O–H groups in total. The molecule has 0 spiro atoms. The Kier molecular flexibility index (Phi) is 6.36. The zero-order valence-electron chi connectivity index (χ0n) is 15.8. The minimum absolute atomic E-state index is 0.233. The van der Waals surface area contributed by atoms with Crippen molar-refractivity contribution in [3.63, 3.8) is 0 Å². The summed E-state index contributed by atoms with van der Waals surface area (Å²) in [6.45, 7) is 3.42. The summed E-state index contributed by atoms with van der Waals surface area (Å²) in [4.78, 5) is 2.54. The lowest BCUT2D eigenvalue weighted by Crippen LogP contribution is -2.35. The summed E-state index contributed by atoms with van der Waals surface area (Å²) in [6, 6.07) is 15.0. The van der Waals surface area contributed by atoms with Crippen molar-refractivity contribution >= 4 is 10.0 Å². The number of nitrogens with zero attached hydrogens (tertiary/aromatic N) is 2. The lowest BCUT2D eigenvalue weighted by molar-refractivity contribution is 0.278. The second kappa shape index (κ2) is 8.73. The van der Waals surface area contributed by atoms with E-state index in [2.05, 4.69) is 17.0 Å². The van der Waals surface area contributed by atoms with E-state index in [0.29, 0.717) is 31.1 Å². The fraction of sp³-hybridized carbons (Fsp3) is 0.400. The Morgan fingerprint density at radius 1 is 0.889 bits per heavy atom. The van der Waals surface area contributed by atoms with Crippen LogP contribution in [-0.2, 0) is 16.6 Å². The lowest BCUT2D eigenvalue weighted by atomic mass is 10.2. The quantitative estimate of drug-likeness (QED) is 0.759. The predicted molar refractivity (Wildman–Crippen MR) is 105 cm³/mol. The molecule has 1 aliphatic heterocycles.